The molecule has 38 heavy (non-hydrogen) atoms. The molecule has 2 saturated heterocycles. The van der Waals surface area contributed by atoms with Crippen LogP contribution in [-0.2, 0) is 4.79 Å². The van der Waals surface area contributed by atoms with E-state index in [2.05, 4.69) is 15.6 Å². The van der Waals surface area contributed by atoms with E-state index in [9.17, 15) is 24.3 Å². The first-order valence-electron chi connectivity index (χ1n) is 12.6. The lowest BCUT2D eigenvalue weighted by molar-refractivity contribution is -0.119. The molecule has 0 aliphatic carbocycles. The van der Waals surface area contributed by atoms with Crippen molar-refractivity contribution >= 4 is 52.0 Å². The number of rotatable bonds is 5. The van der Waals surface area contributed by atoms with Gasteiger partial charge in [-0.05, 0) is 55.7 Å². The minimum Gasteiger partial charge on any atom is -0.465 e. The molecule has 0 unspecified atom stereocenters. The molecule has 11 heteroatoms. The van der Waals surface area contributed by atoms with Crippen LogP contribution in [0.1, 0.15) is 46.4 Å². The summed E-state index contributed by atoms with van der Waals surface area (Å²) in [5.41, 5.74) is 2.27. The first-order valence-corrected chi connectivity index (χ1v) is 12.9. The zero-order valence-electron chi connectivity index (χ0n) is 20.6. The summed E-state index contributed by atoms with van der Waals surface area (Å²) < 4.78 is 0. The zero-order chi connectivity index (χ0) is 26.8. The molecular weight excluding hydrogens is 510 g/mol. The second-order valence-corrected chi connectivity index (χ2v) is 10.0. The van der Waals surface area contributed by atoms with Gasteiger partial charge in [0.05, 0.1) is 17.1 Å². The van der Waals surface area contributed by atoms with E-state index in [1.165, 1.54) is 4.90 Å². The molecule has 4 N–H and O–H groups in total. The Kier molecular flexibility index (Phi) is 7.24. The van der Waals surface area contributed by atoms with Crippen molar-refractivity contribution in [3.8, 4) is 0 Å². The molecule has 10 nitrogen and oxygen atoms in total. The monoisotopic (exact) mass is 537 g/mol. The second kappa shape index (κ2) is 10.7. The minimum atomic E-state index is -1.08. The fourth-order valence-corrected chi connectivity index (χ4v) is 5.27. The van der Waals surface area contributed by atoms with Crippen LogP contribution in [0.15, 0.2) is 48.7 Å². The van der Waals surface area contributed by atoms with Crippen LogP contribution in [0.5, 0.6) is 0 Å². The predicted molar refractivity (Wildman–Crippen MR) is 143 cm³/mol. The van der Waals surface area contributed by atoms with Gasteiger partial charge in [0.2, 0.25) is 5.91 Å². The molecule has 2 aliphatic heterocycles. The van der Waals surface area contributed by atoms with E-state index >= 15 is 0 Å². The Bertz CT molecular complexity index is 1390. The number of halogens is 1. The third-order valence-corrected chi connectivity index (χ3v) is 7.49. The van der Waals surface area contributed by atoms with E-state index in [0.29, 0.717) is 35.5 Å². The highest BCUT2D eigenvalue weighted by molar-refractivity contribution is 6.35. The zero-order valence-corrected chi connectivity index (χ0v) is 21.3. The maximum absolute atomic E-state index is 13.1. The largest absolute Gasteiger partial charge is 0.465 e. The van der Waals surface area contributed by atoms with E-state index in [1.54, 1.807) is 53.6 Å². The molecule has 0 bridgehead atoms. The van der Waals surface area contributed by atoms with Gasteiger partial charge in [-0.2, -0.15) is 0 Å². The average Bonchev–Trinajstić information content (AvgIpc) is 3.29. The van der Waals surface area contributed by atoms with E-state index in [1.807, 2.05) is 0 Å². The van der Waals surface area contributed by atoms with Crippen molar-refractivity contribution in [2.75, 3.05) is 24.5 Å². The molecule has 0 saturated carbocycles. The smallest absolute Gasteiger partial charge is 0.407 e. The van der Waals surface area contributed by atoms with E-state index in [0.717, 1.165) is 29.4 Å². The number of H-pyrrole nitrogens is 1. The standard InChI is InChI=1S/C27H28ClN5O5/c28-20-14-29-22-13-17(6-9-19(20)22)26(36)30-21-10-12-32(27(37)38)15-23(21)31-25(35)16-4-7-18(8-5-16)33-11-2-1-3-24(33)34/h4-9,13-14,21,23,29H,1-3,10-12,15H2,(H,30,36)(H,31,35)(H,37,38)/t21-,23+/m0/s1. The number of fused-ring (bicyclic) bond motifs is 1. The lowest BCUT2D eigenvalue weighted by Gasteiger charge is -2.38. The number of hydrogen-bond donors (Lipinski definition) is 4. The van der Waals surface area contributed by atoms with Crippen LogP contribution in [0.25, 0.3) is 10.9 Å². The predicted octanol–water partition coefficient (Wildman–Crippen LogP) is 3.62. The van der Waals surface area contributed by atoms with Gasteiger partial charge in [-0.25, -0.2) is 4.79 Å². The Morgan fingerprint density at radius 3 is 2.39 bits per heavy atom. The minimum absolute atomic E-state index is 0.0393. The van der Waals surface area contributed by atoms with Crippen LogP contribution < -0.4 is 15.5 Å². The summed E-state index contributed by atoms with van der Waals surface area (Å²) in [4.78, 5) is 56.0. The lowest BCUT2D eigenvalue weighted by Crippen LogP contribution is -2.61. The first-order chi connectivity index (χ1) is 18.3. The van der Waals surface area contributed by atoms with E-state index in [4.69, 9.17) is 11.6 Å². The number of hydrogen-bond acceptors (Lipinski definition) is 4. The topological polar surface area (TPSA) is 135 Å². The van der Waals surface area contributed by atoms with E-state index in [-0.39, 0.29) is 30.8 Å². The van der Waals surface area contributed by atoms with Crippen molar-refractivity contribution < 1.29 is 24.3 Å². The number of piperidine rings is 2. The number of nitrogens with zero attached hydrogens (tertiary/aromatic N) is 2. The fraction of sp³-hybridized carbons (Fsp3) is 0.333. The van der Waals surface area contributed by atoms with Gasteiger partial charge in [0, 0.05) is 60.0 Å². The second-order valence-electron chi connectivity index (χ2n) is 9.62. The average molecular weight is 538 g/mol. The number of nitrogens with one attached hydrogen (secondary N) is 3. The highest BCUT2D eigenvalue weighted by Crippen LogP contribution is 2.24. The quantitative estimate of drug-likeness (QED) is 0.394. The highest BCUT2D eigenvalue weighted by Gasteiger charge is 2.34. The third-order valence-electron chi connectivity index (χ3n) is 7.17. The summed E-state index contributed by atoms with van der Waals surface area (Å²) in [5.74, 6) is -0.650. The number of carbonyl (C=O) groups excluding carboxylic acids is 3. The number of likely N-dealkylation sites (tertiary alicyclic amines) is 1. The van der Waals surface area contributed by atoms with Crippen LogP contribution in [-0.4, -0.2) is 70.5 Å². The van der Waals surface area contributed by atoms with Crippen molar-refractivity contribution in [3.63, 3.8) is 0 Å². The van der Waals surface area contributed by atoms with E-state index < -0.39 is 18.2 Å². The lowest BCUT2D eigenvalue weighted by atomic mass is 9.98. The Morgan fingerprint density at radius 1 is 0.947 bits per heavy atom. The maximum Gasteiger partial charge on any atom is 0.407 e. The summed E-state index contributed by atoms with van der Waals surface area (Å²) in [5, 5.41) is 16.7. The first kappa shape index (κ1) is 25.6. The third kappa shape index (κ3) is 5.31. The van der Waals surface area contributed by atoms with Crippen molar-refractivity contribution in [2.24, 2.45) is 0 Å². The maximum atomic E-state index is 13.1. The number of carboxylic acid groups (broad SMARTS) is 1. The van der Waals surface area contributed by atoms with Crippen LogP contribution in [0.3, 0.4) is 0 Å². The van der Waals surface area contributed by atoms with Crippen molar-refractivity contribution in [2.45, 2.75) is 37.8 Å². The van der Waals surface area contributed by atoms with Crippen LogP contribution in [0.4, 0.5) is 10.5 Å². The molecule has 2 aromatic carbocycles. The Hall–Kier alpha value is -4.05. The molecular formula is C27H28ClN5O5. The summed E-state index contributed by atoms with van der Waals surface area (Å²) in [6.45, 7) is 0.927. The Morgan fingerprint density at radius 2 is 1.66 bits per heavy atom. The van der Waals surface area contributed by atoms with Gasteiger partial charge in [-0.1, -0.05) is 17.7 Å². The molecule has 2 atom stereocenters. The molecule has 4 amide bonds. The van der Waals surface area contributed by atoms with Gasteiger partial charge < -0.3 is 30.5 Å². The number of amides is 4. The number of carbonyl (C=O) groups is 4. The molecule has 1 aromatic heterocycles. The van der Waals surface area contributed by atoms with Gasteiger partial charge in [-0.3, -0.25) is 14.4 Å². The van der Waals surface area contributed by atoms with Crippen LogP contribution in [0.2, 0.25) is 5.02 Å². The number of aromatic amines is 1. The molecule has 5 rings (SSSR count). The number of anilines is 1. The summed E-state index contributed by atoms with van der Waals surface area (Å²) >= 11 is 6.13. The summed E-state index contributed by atoms with van der Waals surface area (Å²) in [6.07, 6.45) is 3.25. The molecule has 2 fully saturated rings. The Labute approximate surface area is 223 Å². The fourth-order valence-electron chi connectivity index (χ4n) is 5.05. The van der Waals surface area contributed by atoms with Gasteiger partial charge in [0.1, 0.15) is 0 Å². The molecule has 0 radical (unpaired) electrons. The number of benzene rings is 2. The summed E-state index contributed by atoms with van der Waals surface area (Å²) in [7, 11) is 0. The van der Waals surface area contributed by atoms with Crippen LogP contribution >= 0.6 is 11.6 Å². The van der Waals surface area contributed by atoms with Crippen molar-refractivity contribution in [1.82, 2.24) is 20.5 Å². The summed E-state index contributed by atoms with van der Waals surface area (Å²) in [6, 6.07) is 10.8. The van der Waals surface area contributed by atoms with Crippen LogP contribution in [0, 0.1) is 0 Å². The molecule has 2 aliphatic rings. The van der Waals surface area contributed by atoms with Crippen molar-refractivity contribution in [1.29, 1.82) is 0 Å². The van der Waals surface area contributed by atoms with Gasteiger partial charge >= 0.3 is 6.09 Å². The molecule has 0 spiro atoms. The SMILES string of the molecule is O=C(N[C@H]1CCN(C(=O)O)C[C@H]1NC(=O)c1ccc(N2CCCCC2=O)cc1)c1ccc2c(Cl)c[nH]c2c1. The van der Waals surface area contributed by atoms with Gasteiger partial charge in [0.15, 0.2) is 0 Å². The Balaban J connectivity index is 1.29. The molecule has 198 valence electrons. The highest BCUT2D eigenvalue weighted by atomic mass is 35.5. The van der Waals surface area contributed by atoms with Gasteiger partial charge in [0.25, 0.3) is 11.8 Å². The molecule has 3 aromatic rings. The van der Waals surface area contributed by atoms with Crippen molar-refractivity contribution in [3.05, 3.63) is 64.8 Å². The normalized spacial score (nSPS) is 19.9. The molecule has 3 heterocycles. The van der Waals surface area contributed by atoms with Gasteiger partial charge in [-0.15, -0.1) is 0 Å². The number of aromatic nitrogens is 1.